The van der Waals surface area contributed by atoms with Crippen molar-refractivity contribution in [1.82, 2.24) is 4.90 Å². The van der Waals surface area contributed by atoms with Gasteiger partial charge in [0.15, 0.2) is 0 Å². The summed E-state index contributed by atoms with van der Waals surface area (Å²) >= 11 is 1.71. The van der Waals surface area contributed by atoms with Crippen LogP contribution in [0.25, 0.3) is 0 Å². The number of hydrogen-bond acceptors (Lipinski definition) is 3. The summed E-state index contributed by atoms with van der Waals surface area (Å²) in [5, 5.41) is 9.03. The van der Waals surface area contributed by atoms with Gasteiger partial charge in [-0.3, -0.25) is 4.79 Å². The minimum atomic E-state index is 0.0574. The second-order valence-corrected chi connectivity index (χ2v) is 5.29. The zero-order chi connectivity index (χ0) is 13.1. The zero-order valence-corrected chi connectivity index (χ0v) is 12.3. The summed E-state index contributed by atoms with van der Waals surface area (Å²) in [4.78, 5) is 13.9. The van der Waals surface area contributed by atoms with Gasteiger partial charge in [-0.2, -0.15) is 11.8 Å². The lowest BCUT2D eigenvalue weighted by atomic mass is 10.1. The zero-order valence-electron chi connectivity index (χ0n) is 11.4. The third-order valence-corrected chi connectivity index (χ3v) is 3.94. The molecule has 0 fully saturated rings. The molecule has 0 saturated heterocycles. The molecule has 17 heavy (non-hydrogen) atoms. The van der Waals surface area contributed by atoms with Crippen LogP contribution in [0.2, 0.25) is 0 Å². The van der Waals surface area contributed by atoms with Crippen LogP contribution in [-0.2, 0) is 4.79 Å². The molecule has 0 radical (unpaired) electrons. The minimum absolute atomic E-state index is 0.0574. The fourth-order valence-corrected chi connectivity index (χ4v) is 2.81. The number of aliphatic hydroxyl groups excluding tert-OH is 1. The summed E-state index contributed by atoms with van der Waals surface area (Å²) in [5.41, 5.74) is 0. The lowest BCUT2D eigenvalue weighted by Gasteiger charge is -2.30. The van der Waals surface area contributed by atoms with E-state index in [1.807, 2.05) is 4.90 Å². The molecule has 0 aliphatic carbocycles. The van der Waals surface area contributed by atoms with Crippen LogP contribution in [0.4, 0.5) is 0 Å². The van der Waals surface area contributed by atoms with E-state index >= 15 is 0 Å². The van der Waals surface area contributed by atoms with E-state index in [4.69, 9.17) is 5.11 Å². The number of unbranched alkanes of at least 4 members (excludes halogenated alkanes) is 1. The third kappa shape index (κ3) is 6.94. The van der Waals surface area contributed by atoms with Crippen molar-refractivity contribution in [3.05, 3.63) is 0 Å². The van der Waals surface area contributed by atoms with Crippen LogP contribution >= 0.6 is 11.8 Å². The highest BCUT2D eigenvalue weighted by atomic mass is 32.2. The van der Waals surface area contributed by atoms with Gasteiger partial charge in [-0.05, 0) is 25.0 Å². The van der Waals surface area contributed by atoms with Crippen molar-refractivity contribution in [2.24, 2.45) is 0 Å². The predicted molar refractivity (Wildman–Crippen MR) is 75.4 cm³/mol. The molecule has 0 aromatic carbocycles. The van der Waals surface area contributed by atoms with Gasteiger partial charge in [0.2, 0.25) is 5.91 Å². The van der Waals surface area contributed by atoms with E-state index in [-0.39, 0.29) is 18.6 Å². The van der Waals surface area contributed by atoms with Gasteiger partial charge < -0.3 is 10.0 Å². The topological polar surface area (TPSA) is 40.5 Å². The van der Waals surface area contributed by atoms with E-state index in [9.17, 15) is 4.79 Å². The van der Waals surface area contributed by atoms with E-state index < -0.39 is 0 Å². The van der Waals surface area contributed by atoms with Crippen LogP contribution in [0.5, 0.6) is 0 Å². The summed E-state index contributed by atoms with van der Waals surface area (Å²) in [6.45, 7) is 6.87. The molecule has 0 saturated carbocycles. The number of hydrogen-bond donors (Lipinski definition) is 1. The molecule has 0 rings (SSSR count). The molecular formula is C13H27NO2S. The molecule has 0 atom stereocenters. The summed E-state index contributed by atoms with van der Waals surface area (Å²) in [6.07, 6.45) is 4.26. The molecule has 0 unspecified atom stereocenters. The summed E-state index contributed by atoms with van der Waals surface area (Å²) in [7, 11) is 0. The first-order chi connectivity index (χ1) is 8.21. The average Bonchev–Trinajstić information content (AvgIpc) is 2.34. The first-order valence-corrected chi connectivity index (χ1v) is 7.84. The molecule has 4 heteroatoms. The van der Waals surface area contributed by atoms with E-state index in [1.165, 1.54) is 12.8 Å². The Labute approximate surface area is 110 Å². The second kappa shape index (κ2) is 10.9. The van der Waals surface area contributed by atoms with Gasteiger partial charge in [-0.25, -0.2) is 0 Å². The summed E-state index contributed by atoms with van der Waals surface area (Å²) in [6, 6.07) is 0.279. The van der Waals surface area contributed by atoms with Crippen molar-refractivity contribution < 1.29 is 9.90 Å². The maximum atomic E-state index is 12.0. The molecule has 0 bridgehead atoms. The number of nitrogens with zero attached hydrogens (tertiary/aromatic N) is 1. The Hall–Kier alpha value is -0.220. The van der Waals surface area contributed by atoms with Gasteiger partial charge in [-0.15, -0.1) is 0 Å². The van der Waals surface area contributed by atoms with Crippen LogP contribution in [-0.4, -0.2) is 46.6 Å². The summed E-state index contributed by atoms with van der Waals surface area (Å²) in [5.74, 6) is 1.78. The smallest absolute Gasteiger partial charge is 0.232 e. The SMILES string of the molecule is CCCCSCC(=O)N(CCO)C(CC)CC. The normalized spacial score (nSPS) is 10.9. The second-order valence-electron chi connectivity index (χ2n) is 4.19. The largest absolute Gasteiger partial charge is 0.395 e. The molecule has 3 nitrogen and oxygen atoms in total. The fourth-order valence-electron chi connectivity index (χ4n) is 1.84. The van der Waals surface area contributed by atoms with Crippen LogP contribution in [0.3, 0.4) is 0 Å². The average molecular weight is 261 g/mol. The fraction of sp³-hybridized carbons (Fsp3) is 0.923. The summed E-state index contributed by atoms with van der Waals surface area (Å²) < 4.78 is 0. The Morgan fingerprint density at radius 1 is 1.29 bits per heavy atom. The highest BCUT2D eigenvalue weighted by molar-refractivity contribution is 7.99. The predicted octanol–water partition coefficient (Wildman–Crippen LogP) is 2.53. The molecule has 0 heterocycles. The van der Waals surface area contributed by atoms with E-state index in [1.54, 1.807) is 11.8 Å². The van der Waals surface area contributed by atoms with Crippen molar-refractivity contribution >= 4 is 17.7 Å². The van der Waals surface area contributed by atoms with Crippen molar-refractivity contribution in [2.75, 3.05) is 24.7 Å². The van der Waals surface area contributed by atoms with Gasteiger partial charge in [0.25, 0.3) is 0 Å². The van der Waals surface area contributed by atoms with Crippen molar-refractivity contribution in [1.29, 1.82) is 0 Å². The number of amides is 1. The third-order valence-electron chi connectivity index (χ3n) is 2.91. The Bertz CT molecular complexity index is 196. The monoisotopic (exact) mass is 261 g/mol. The maximum Gasteiger partial charge on any atom is 0.232 e. The first kappa shape index (κ1) is 16.8. The van der Waals surface area contributed by atoms with Gasteiger partial charge >= 0.3 is 0 Å². The van der Waals surface area contributed by atoms with Crippen LogP contribution in [0.15, 0.2) is 0 Å². The van der Waals surface area contributed by atoms with Crippen LogP contribution < -0.4 is 0 Å². The molecule has 0 aromatic heterocycles. The quantitative estimate of drug-likeness (QED) is 0.614. The molecule has 0 aliphatic rings. The number of carbonyl (C=O) groups is 1. The lowest BCUT2D eigenvalue weighted by Crippen LogP contribution is -2.42. The number of rotatable bonds is 10. The van der Waals surface area contributed by atoms with Crippen LogP contribution in [0.1, 0.15) is 46.5 Å². The van der Waals surface area contributed by atoms with Crippen molar-refractivity contribution in [2.45, 2.75) is 52.5 Å². The van der Waals surface area contributed by atoms with Crippen molar-refractivity contribution in [3.8, 4) is 0 Å². The molecule has 1 N–H and O–H groups in total. The van der Waals surface area contributed by atoms with Gasteiger partial charge in [0, 0.05) is 12.6 Å². The molecule has 0 spiro atoms. The number of thioether (sulfide) groups is 1. The highest BCUT2D eigenvalue weighted by Crippen LogP contribution is 2.12. The lowest BCUT2D eigenvalue weighted by molar-refractivity contribution is -0.131. The molecule has 0 aliphatic heterocycles. The van der Waals surface area contributed by atoms with Crippen molar-refractivity contribution in [3.63, 3.8) is 0 Å². The maximum absolute atomic E-state index is 12.0. The number of carbonyl (C=O) groups excluding carboxylic acids is 1. The van der Waals surface area contributed by atoms with E-state index in [2.05, 4.69) is 20.8 Å². The van der Waals surface area contributed by atoms with Crippen LogP contribution in [0, 0.1) is 0 Å². The highest BCUT2D eigenvalue weighted by Gasteiger charge is 2.19. The number of aliphatic hydroxyl groups is 1. The molecule has 1 amide bonds. The molecule has 102 valence electrons. The van der Waals surface area contributed by atoms with E-state index in [0.717, 1.165) is 18.6 Å². The van der Waals surface area contributed by atoms with Gasteiger partial charge in [0.05, 0.1) is 12.4 Å². The van der Waals surface area contributed by atoms with Gasteiger partial charge in [-0.1, -0.05) is 27.2 Å². The molecular weight excluding hydrogens is 234 g/mol. The first-order valence-electron chi connectivity index (χ1n) is 6.69. The Morgan fingerprint density at radius 2 is 1.94 bits per heavy atom. The Kier molecular flexibility index (Phi) is 10.8. The Morgan fingerprint density at radius 3 is 2.41 bits per heavy atom. The molecule has 0 aromatic rings. The standard InChI is InChI=1S/C13H27NO2S/c1-4-7-10-17-11-13(16)14(8-9-15)12(5-2)6-3/h12,15H,4-11H2,1-3H3. The van der Waals surface area contributed by atoms with E-state index in [0.29, 0.717) is 12.3 Å². The Balaban J connectivity index is 4.13. The van der Waals surface area contributed by atoms with Gasteiger partial charge in [0.1, 0.15) is 0 Å². The minimum Gasteiger partial charge on any atom is -0.395 e.